The van der Waals surface area contributed by atoms with Gasteiger partial charge in [0.1, 0.15) is 12.4 Å². The molecule has 0 aliphatic carbocycles. The van der Waals surface area contributed by atoms with E-state index in [2.05, 4.69) is 10.3 Å². The lowest BCUT2D eigenvalue weighted by Crippen LogP contribution is -2.22. The Morgan fingerprint density at radius 2 is 1.96 bits per heavy atom. The number of rotatable bonds is 8. The van der Waals surface area contributed by atoms with Crippen LogP contribution in [0.5, 0.6) is 11.6 Å². The zero-order chi connectivity index (χ0) is 20.7. The van der Waals surface area contributed by atoms with Crippen molar-refractivity contribution in [1.29, 1.82) is 0 Å². The maximum atomic E-state index is 12.4. The quantitative estimate of drug-likeness (QED) is 0.418. The maximum absolute atomic E-state index is 12.4. The molecule has 150 valence electrons. The summed E-state index contributed by atoms with van der Waals surface area (Å²) < 4.78 is 16.1. The first-order chi connectivity index (χ1) is 13.2. The van der Waals surface area contributed by atoms with E-state index in [1.807, 2.05) is 20.8 Å². The average molecular weight is 389 g/mol. The Morgan fingerprint density at radius 3 is 2.54 bits per heavy atom. The van der Waals surface area contributed by atoms with Gasteiger partial charge in [0.15, 0.2) is 0 Å². The zero-order valence-corrected chi connectivity index (χ0v) is 16.2. The van der Waals surface area contributed by atoms with Crippen molar-refractivity contribution in [2.24, 2.45) is 0 Å². The van der Waals surface area contributed by atoms with E-state index in [-0.39, 0.29) is 17.0 Å². The first-order valence-electron chi connectivity index (χ1n) is 8.56. The van der Waals surface area contributed by atoms with E-state index in [0.717, 1.165) is 0 Å². The molecule has 2 aromatic rings. The number of ether oxygens (including phenoxy) is 3. The Balaban J connectivity index is 1.97. The number of pyridine rings is 1. The number of nitrogens with zero attached hydrogens (tertiary/aromatic N) is 2. The number of carbonyl (C=O) groups is 1. The van der Waals surface area contributed by atoms with Gasteiger partial charge in [0, 0.05) is 18.3 Å². The van der Waals surface area contributed by atoms with Gasteiger partial charge in [-0.15, -0.1) is 0 Å². The molecule has 0 fully saturated rings. The summed E-state index contributed by atoms with van der Waals surface area (Å²) in [4.78, 5) is 26.8. The van der Waals surface area contributed by atoms with E-state index in [4.69, 9.17) is 14.2 Å². The topological polar surface area (TPSA) is 113 Å². The molecule has 0 aliphatic rings. The highest BCUT2D eigenvalue weighted by Crippen LogP contribution is 2.29. The van der Waals surface area contributed by atoms with Gasteiger partial charge >= 0.3 is 0 Å². The molecule has 0 unspecified atom stereocenters. The molecule has 28 heavy (non-hydrogen) atoms. The number of nitro benzene ring substituents is 1. The zero-order valence-electron chi connectivity index (χ0n) is 16.2. The van der Waals surface area contributed by atoms with Crippen LogP contribution in [0.1, 0.15) is 31.1 Å². The predicted octanol–water partition coefficient (Wildman–Crippen LogP) is 3.44. The van der Waals surface area contributed by atoms with Gasteiger partial charge in [0.2, 0.25) is 5.88 Å². The molecule has 0 bridgehead atoms. The highest BCUT2D eigenvalue weighted by molar-refractivity contribution is 6.04. The van der Waals surface area contributed by atoms with E-state index < -0.39 is 10.8 Å². The summed E-state index contributed by atoms with van der Waals surface area (Å²) >= 11 is 0. The van der Waals surface area contributed by atoms with E-state index >= 15 is 0 Å². The molecule has 1 aromatic carbocycles. The molecule has 9 heteroatoms. The summed E-state index contributed by atoms with van der Waals surface area (Å²) in [5.41, 5.74) is 0.252. The van der Waals surface area contributed by atoms with E-state index in [1.54, 1.807) is 12.1 Å². The number of carbonyl (C=O) groups excluding carboxylic acids is 1. The molecule has 1 amide bonds. The minimum absolute atomic E-state index is 0.131. The van der Waals surface area contributed by atoms with Gasteiger partial charge in [-0.2, -0.15) is 0 Å². The van der Waals surface area contributed by atoms with Crippen LogP contribution in [0, 0.1) is 10.1 Å². The molecule has 2 rings (SSSR count). The Morgan fingerprint density at radius 1 is 1.21 bits per heavy atom. The van der Waals surface area contributed by atoms with Gasteiger partial charge in [-0.25, -0.2) is 4.98 Å². The molecular formula is C19H23N3O6. The fourth-order valence-corrected chi connectivity index (χ4v) is 2.19. The van der Waals surface area contributed by atoms with Crippen molar-refractivity contribution in [2.75, 3.05) is 25.6 Å². The highest BCUT2D eigenvalue weighted by Gasteiger charge is 2.15. The van der Waals surface area contributed by atoms with Crippen LogP contribution in [0.4, 0.5) is 11.4 Å². The van der Waals surface area contributed by atoms with Gasteiger partial charge in [-0.3, -0.25) is 14.9 Å². The van der Waals surface area contributed by atoms with Crippen LogP contribution in [-0.2, 0) is 4.74 Å². The van der Waals surface area contributed by atoms with E-state index in [0.29, 0.717) is 30.3 Å². The van der Waals surface area contributed by atoms with Gasteiger partial charge in [-0.05, 0) is 32.9 Å². The predicted molar refractivity (Wildman–Crippen MR) is 103 cm³/mol. The molecule has 1 N–H and O–H groups in total. The van der Waals surface area contributed by atoms with E-state index in [1.165, 1.54) is 31.5 Å². The van der Waals surface area contributed by atoms with Crippen LogP contribution in [-0.4, -0.2) is 41.7 Å². The monoisotopic (exact) mass is 389 g/mol. The molecular weight excluding hydrogens is 366 g/mol. The van der Waals surface area contributed by atoms with Gasteiger partial charge in [0.25, 0.3) is 11.6 Å². The summed E-state index contributed by atoms with van der Waals surface area (Å²) in [5, 5.41) is 13.5. The molecule has 9 nitrogen and oxygen atoms in total. The lowest BCUT2D eigenvalue weighted by Gasteiger charge is -2.19. The third-order valence-electron chi connectivity index (χ3n) is 3.51. The molecule has 0 atom stereocenters. The standard InChI is InChI=1S/C19H23N3O6/c1-19(2,3)28-10-9-27-17-8-5-13(12-20-17)18(23)21-15-7-6-14(22(24)25)11-16(15)26-4/h5-8,11-12H,9-10H2,1-4H3,(H,21,23). The number of methoxy groups -OCH3 is 1. The largest absolute Gasteiger partial charge is 0.494 e. The number of anilines is 1. The van der Waals surface area contributed by atoms with Crippen LogP contribution in [0.15, 0.2) is 36.5 Å². The minimum atomic E-state index is -0.538. The Hall–Kier alpha value is -3.20. The fraction of sp³-hybridized carbons (Fsp3) is 0.368. The third kappa shape index (κ3) is 6.20. The second kappa shape index (κ2) is 9.14. The molecule has 0 radical (unpaired) electrons. The second-order valence-corrected chi connectivity index (χ2v) is 6.79. The van der Waals surface area contributed by atoms with Crippen molar-refractivity contribution in [3.05, 3.63) is 52.2 Å². The molecule has 1 heterocycles. The number of benzene rings is 1. The minimum Gasteiger partial charge on any atom is -0.494 e. The van der Waals surface area contributed by atoms with Crippen LogP contribution in [0.2, 0.25) is 0 Å². The van der Waals surface area contributed by atoms with Crippen LogP contribution in [0.3, 0.4) is 0 Å². The Kier molecular flexibility index (Phi) is 6.89. The SMILES string of the molecule is COc1cc([N+](=O)[O-])ccc1NC(=O)c1ccc(OCCOC(C)(C)C)nc1. The van der Waals surface area contributed by atoms with Crippen LogP contribution in [0.25, 0.3) is 0 Å². The number of hydrogen-bond acceptors (Lipinski definition) is 7. The third-order valence-corrected chi connectivity index (χ3v) is 3.51. The Labute approximate surface area is 162 Å². The van der Waals surface area contributed by atoms with Crippen molar-refractivity contribution in [1.82, 2.24) is 4.98 Å². The lowest BCUT2D eigenvalue weighted by molar-refractivity contribution is -0.384. The second-order valence-electron chi connectivity index (χ2n) is 6.79. The summed E-state index contributed by atoms with van der Waals surface area (Å²) in [6.07, 6.45) is 1.38. The lowest BCUT2D eigenvalue weighted by atomic mass is 10.2. The summed E-state index contributed by atoms with van der Waals surface area (Å²) in [5.74, 6) is 0.138. The van der Waals surface area contributed by atoms with Crippen molar-refractivity contribution in [2.45, 2.75) is 26.4 Å². The smallest absolute Gasteiger partial charge is 0.273 e. The summed E-state index contributed by atoms with van der Waals surface area (Å²) in [6, 6.07) is 7.09. The highest BCUT2D eigenvalue weighted by atomic mass is 16.6. The first-order valence-corrected chi connectivity index (χ1v) is 8.56. The number of hydrogen-bond donors (Lipinski definition) is 1. The maximum Gasteiger partial charge on any atom is 0.273 e. The van der Waals surface area contributed by atoms with Gasteiger partial charge < -0.3 is 19.5 Å². The number of aromatic nitrogens is 1. The molecule has 0 spiro atoms. The normalized spacial score (nSPS) is 11.0. The molecule has 0 saturated carbocycles. The van der Waals surface area contributed by atoms with E-state index in [9.17, 15) is 14.9 Å². The van der Waals surface area contributed by atoms with Crippen molar-refractivity contribution in [3.8, 4) is 11.6 Å². The molecule has 0 aliphatic heterocycles. The fourth-order valence-electron chi connectivity index (χ4n) is 2.19. The summed E-state index contributed by atoms with van der Waals surface area (Å²) in [6.45, 7) is 6.64. The molecule has 1 aromatic heterocycles. The van der Waals surface area contributed by atoms with Crippen molar-refractivity contribution >= 4 is 17.3 Å². The van der Waals surface area contributed by atoms with Crippen LogP contribution >= 0.6 is 0 Å². The van der Waals surface area contributed by atoms with Crippen molar-refractivity contribution < 1.29 is 23.9 Å². The average Bonchev–Trinajstić information content (AvgIpc) is 2.65. The number of amides is 1. The first kappa shape index (κ1) is 21.1. The van der Waals surface area contributed by atoms with Gasteiger partial charge in [0.05, 0.1) is 41.6 Å². The van der Waals surface area contributed by atoms with Crippen LogP contribution < -0.4 is 14.8 Å². The summed E-state index contributed by atoms with van der Waals surface area (Å²) in [7, 11) is 1.37. The number of nitro groups is 1. The number of non-ortho nitro benzene ring substituents is 1. The Bertz CT molecular complexity index is 831. The number of nitrogens with one attached hydrogen (secondary N) is 1. The van der Waals surface area contributed by atoms with Crippen molar-refractivity contribution in [3.63, 3.8) is 0 Å². The van der Waals surface area contributed by atoms with Gasteiger partial charge in [-0.1, -0.05) is 0 Å². The molecule has 0 saturated heterocycles.